The number of ether oxygens (including phenoxy) is 1. The SMILES string of the molecule is CCNC(=NCc1cccs1)NCC1CCCN(C(=O)OC(C)(C)C)C1.I. The molecule has 0 bridgehead atoms. The fourth-order valence-electron chi connectivity index (χ4n) is 2.87. The minimum atomic E-state index is -0.449. The molecular weight excluding hydrogens is 475 g/mol. The van der Waals surface area contributed by atoms with Gasteiger partial charge in [0.05, 0.1) is 6.54 Å². The topological polar surface area (TPSA) is 66.0 Å². The van der Waals surface area contributed by atoms with Gasteiger partial charge < -0.3 is 20.3 Å². The van der Waals surface area contributed by atoms with Gasteiger partial charge in [-0.05, 0) is 57.9 Å². The van der Waals surface area contributed by atoms with Crippen molar-refractivity contribution in [2.24, 2.45) is 10.9 Å². The first-order chi connectivity index (χ1) is 12.4. The van der Waals surface area contributed by atoms with Gasteiger partial charge >= 0.3 is 6.09 Å². The fraction of sp³-hybridized carbons (Fsp3) is 0.684. The molecule has 1 aromatic heterocycles. The van der Waals surface area contributed by atoms with Crippen molar-refractivity contribution in [3.63, 3.8) is 0 Å². The molecule has 1 atom stereocenters. The van der Waals surface area contributed by atoms with Gasteiger partial charge in [0.2, 0.25) is 0 Å². The summed E-state index contributed by atoms with van der Waals surface area (Å²) in [6.07, 6.45) is 1.91. The molecule has 0 aromatic carbocycles. The van der Waals surface area contributed by atoms with E-state index in [0.717, 1.165) is 45.0 Å². The van der Waals surface area contributed by atoms with E-state index in [0.29, 0.717) is 12.5 Å². The molecular formula is C19H33IN4O2S. The van der Waals surface area contributed by atoms with Crippen LogP contribution in [0.25, 0.3) is 0 Å². The lowest BCUT2D eigenvalue weighted by Gasteiger charge is -2.34. The van der Waals surface area contributed by atoms with Crippen LogP contribution in [0.3, 0.4) is 0 Å². The summed E-state index contributed by atoms with van der Waals surface area (Å²) in [5.74, 6) is 1.23. The van der Waals surface area contributed by atoms with E-state index in [1.54, 1.807) is 11.3 Å². The first-order valence-electron chi connectivity index (χ1n) is 9.40. The van der Waals surface area contributed by atoms with Crippen molar-refractivity contribution in [3.05, 3.63) is 22.4 Å². The summed E-state index contributed by atoms with van der Waals surface area (Å²) in [6.45, 7) is 11.6. The number of aliphatic imine (C=N–C) groups is 1. The average molecular weight is 508 g/mol. The number of rotatable bonds is 5. The van der Waals surface area contributed by atoms with Gasteiger partial charge in [0, 0.05) is 31.1 Å². The monoisotopic (exact) mass is 508 g/mol. The zero-order chi connectivity index (χ0) is 19.0. The number of amides is 1. The third-order valence-electron chi connectivity index (χ3n) is 4.05. The molecule has 0 saturated carbocycles. The molecule has 1 saturated heterocycles. The standard InChI is InChI=1S/C19H32N4O2S.HI/c1-5-20-17(22-13-16-9-7-11-26-16)21-12-15-8-6-10-23(14-15)18(24)25-19(2,3)4;/h7,9,11,15H,5-6,8,10,12-14H2,1-4H3,(H2,20,21,22);1H. The van der Waals surface area contributed by atoms with Crippen LogP contribution in [0, 0.1) is 5.92 Å². The van der Waals surface area contributed by atoms with E-state index in [-0.39, 0.29) is 30.1 Å². The van der Waals surface area contributed by atoms with Gasteiger partial charge in [-0.3, -0.25) is 0 Å². The Hall–Kier alpha value is -1.03. The van der Waals surface area contributed by atoms with Crippen LogP contribution in [-0.2, 0) is 11.3 Å². The van der Waals surface area contributed by atoms with E-state index < -0.39 is 5.60 Å². The zero-order valence-electron chi connectivity index (χ0n) is 16.8. The van der Waals surface area contributed by atoms with Crippen LogP contribution >= 0.6 is 35.3 Å². The minimum Gasteiger partial charge on any atom is -0.444 e. The number of halogens is 1. The van der Waals surface area contributed by atoms with Crippen molar-refractivity contribution in [2.45, 2.75) is 52.7 Å². The number of thiophene rings is 1. The molecule has 2 rings (SSSR count). The average Bonchev–Trinajstić information content (AvgIpc) is 3.09. The van der Waals surface area contributed by atoms with Gasteiger partial charge in [0.25, 0.3) is 0 Å². The largest absolute Gasteiger partial charge is 0.444 e. The van der Waals surface area contributed by atoms with Crippen molar-refractivity contribution >= 4 is 47.4 Å². The van der Waals surface area contributed by atoms with E-state index in [1.807, 2.05) is 31.7 Å². The quantitative estimate of drug-likeness (QED) is 0.358. The summed E-state index contributed by atoms with van der Waals surface area (Å²) in [6, 6.07) is 4.14. The Bertz CT molecular complexity index is 587. The molecule has 1 aliphatic rings. The van der Waals surface area contributed by atoms with E-state index in [4.69, 9.17) is 4.74 Å². The van der Waals surface area contributed by atoms with Gasteiger partial charge in [-0.1, -0.05) is 6.07 Å². The van der Waals surface area contributed by atoms with Crippen LogP contribution in [-0.4, -0.2) is 48.7 Å². The number of guanidine groups is 1. The molecule has 1 aromatic rings. The molecule has 6 nitrogen and oxygen atoms in total. The number of piperidine rings is 1. The van der Waals surface area contributed by atoms with E-state index in [1.165, 1.54) is 4.88 Å². The number of hydrogen-bond donors (Lipinski definition) is 2. The van der Waals surface area contributed by atoms with Crippen LogP contribution in [0.15, 0.2) is 22.5 Å². The highest BCUT2D eigenvalue weighted by Gasteiger charge is 2.27. The smallest absolute Gasteiger partial charge is 0.410 e. The highest BCUT2D eigenvalue weighted by atomic mass is 127. The maximum Gasteiger partial charge on any atom is 0.410 e. The third-order valence-corrected chi connectivity index (χ3v) is 4.91. The molecule has 0 radical (unpaired) electrons. The molecule has 2 N–H and O–H groups in total. The highest BCUT2D eigenvalue weighted by molar-refractivity contribution is 14.0. The van der Waals surface area contributed by atoms with Crippen LogP contribution in [0.4, 0.5) is 4.79 Å². The zero-order valence-corrected chi connectivity index (χ0v) is 19.9. The van der Waals surface area contributed by atoms with Crippen molar-refractivity contribution in [2.75, 3.05) is 26.2 Å². The summed E-state index contributed by atoms with van der Waals surface area (Å²) in [4.78, 5) is 20.0. The Labute approximate surface area is 184 Å². The maximum atomic E-state index is 12.3. The summed E-state index contributed by atoms with van der Waals surface area (Å²) in [5, 5.41) is 8.78. The molecule has 1 unspecified atom stereocenters. The summed E-state index contributed by atoms with van der Waals surface area (Å²) >= 11 is 1.72. The Morgan fingerprint density at radius 1 is 1.41 bits per heavy atom. The molecule has 27 heavy (non-hydrogen) atoms. The Morgan fingerprint density at radius 2 is 2.19 bits per heavy atom. The lowest BCUT2D eigenvalue weighted by atomic mass is 9.98. The highest BCUT2D eigenvalue weighted by Crippen LogP contribution is 2.19. The van der Waals surface area contributed by atoms with E-state index in [2.05, 4.69) is 34.0 Å². The number of carbonyl (C=O) groups excluding carboxylic acids is 1. The predicted molar refractivity (Wildman–Crippen MR) is 123 cm³/mol. The molecule has 8 heteroatoms. The van der Waals surface area contributed by atoms with Crippen molar-refractivity contribution < 1.29 is 9.53 Å². The maximum absolute atomic E-state index is 12.3. The molecule has 154 valence electrons. The van der Waals surface area contributed by atoms with E-state index in [9.17, 15) is 4.79 Å². The van der Waals surface area contributed by atoms with Crippen LogP contribution < -0.4 is 10.6 Å². The van der Waals surface area contributed by atoms with Gasteiger partial charge in [-0.25, -0.2) is 9.79 Å². The van der Waals surface area contributed by atoms with Gasteiger partial charge in [0.1, 0.15) is 5.60 Å². The van der Waals surface area contributed by atoms with Crippen molar-refractivity contribution in [1.29, 1.82) is 0 Å². The fourth-order valence-corrected chi connectivity index (χ4v) is 3.49. The normalized spacial score (nSPS) is 17.9. The molecule has 1 fully saturated rings. The Kier molecular flexibility index (Phi) is 10.4. The lowest BCUT2D eigenvalue weighted by molar-refractivity contribution is 0.0168. The number of nitrogens with zero attached hydrogens (tertiary/aromatic N) is 2. The van der Waals surface area contributed by atoms with Gasteiger partial charge in [-0.15, -0.1) is 35.3 Å². The first-order valence-corrected chi connectivity index (χ1v) is 10.3. The van der Waals surface area contributed by atoms with Crippen LogP contribution in [0.2, 0.25) is 0 Å². The number of carbonyl (C=O) groups is 1. The number of hydrogen-bond acceptors (Lipinski definition) is 4. The van der Waals surface area contributed by atoms with Crippen molar-refractivity contribution in [3.8, 4) is 0 Å². The molecule has 0 spiro atoms. The first kappa shape index (κ1) is 24.0. The van der Waals surface area contributed by atoms with Crippen LogP contribution in [0.5, 0.6) is 0 Å². The van der Waals surface area contributed by atoms with E-state index >= 15 is 0 Å². The van der Waals surface area contributed by atoms with Gasteiger partial charge in [-0.2, -0.15) is 0 Å². The summed E-state index contributed by atoms with van der Waals surface area (Å²) < 4.78 is 5.50. The molecule has 1 amide bonds. The third kappa shape index (κ3) is 9.14. The second-order valence-electron chi connectivity index (χ2n) is 7.59. The summed E-state index contributed by atoms with van der Waals surface area (Å²) in [5.41, 5.74) is -0.449. The van der Waals surface area contributed by atoms with Crippen molar-refractivity contribution in [1.82, 2.24) is 15.5 Å². The molecule has 0 aliphatic carbocycles. The molecule has 2 heterocycles. The van der Waals surface area contributed by atoms with Gasteiger partial charge in [0.15, 0.2) is 5.96 Å². The second kappa shape index (κ2) is 11.7. The number of nitrogens with one attached hydrogen (secondary N) is 2. The summed E-state index contributed by atoms with van der Waals surface area (Å²) in [7, 11) is 0. The van der Waals surface area contributed by atoms with Crippen LogP contribution in [0.1, 0.15) is 45.4 Å². The Balaban J connectivity index is 0.00000364. The lowest BCUT2D eigenvalue weighted by Crippen LogP contribution is -2.47. The Morgan fingerprint density at radius 3 is 2.81 bits per heavy atom. The number of likely N-dealkylation sites (tertiary alicyclic amines) is 1. The minimum absolute atomic E-state index is 0. The second-order valence-corrected chi connectivity index (χ2v) is 8.62. The predicted octanol–water partition coefficient (Wildman–Crippen LogP) is 4.07. The molecule has 1 aliphatic heterocycles.